The molecule has 2 aromatic rings. The third-order valence-electron chi connectivity index (χ3n) is 3.77. The highest BCUT2D eigenvalue weighted by Gasteiger charge is 2.31. The van der Waals surface area contributed by atoms with Crippen LogP contribution in [-0.4, -0.2) is 17.5 Å². The van der Waals surface area contributed by atoms with E-state index < -0.39 is 11.6 Å². The number of alkyl halides is 3. The lowest BCUT2D eigenvalue weighted by Gasteiger charge is -2.16. The molecular formula is C19H14ClF3O3. The predicted octanol–water partition coefficient (Wildman–Crippen LogP) is 5.10. The van der Waals surface area contributed by atoms with Crippen LogP contribution in [0.4, 0.5) is 13.2 Å². The van der Waals surface area contributed by atoms with Gasteiger partial charge >= 0.3 is 6.36 Å². The zero-order valence-corrected chi connectivity index (χ0v) is 14.7. The lowest BCUT2D eigenvalue weighted by molar-refractivity contribution is -0.274. The summed E-state index contributed by atoms with van der Waals surface area (Å²) in [6, 6.07) is 9.07. The van der Waals surface area contributed by atoms with E-state index in [1.807, 2.05) is 6.92 Å². The zero-order valence-electron chi connectivity index (χ0n) is 13.9. The van der Waals surface area contributed by atoms with Crippen molar-refractivity contribution in [2.45, 2.75) is 26.6 Å². The van der Waals surface area contributed by atoms with Crippen molar-refractivity contribution in [2.24, 2.45) is 0 Å². The first-order valence-corrected chi connectivity index (χ1v) is 7.99. The maximum absolute atomic E-state index is 12.5. The van der Waals surface area contributed by atoms with E-state index in [2.05, 4.69) is 4.74 Å². The number of aryl methyl sites for hydroxylation is 2. The molecule has 0 saturated heterocycles. The minimum absolute atomic E-state index is 0.272. The van der Waals surface area contributed by atoms with E-state index in [0.29, 0.717) is 23.1 Å². The van der Waals surface area contributed by atoms with Crippen molar-refractivity contribution in [3.63, 3.8) is 0 Å². The number of carbonyl (C=O) groups excluding carboxylic acids is 2. The lowest BCUT2D eigenvalue weighted by Crippen LogP contribution is -2.17. The topological polar surface area (TPSA) is 43.4 Å². The fraction of sp³-hybridized carbons (Fsp3) is 0.211. The van der Waals surface area contributed by atoms with Crippen molar-refractivity contribution in [1.82, 2.24) is 0 Å². The monoisotopic (exact) mass is 382 g/mol. The van der Waals surface area contributed by atoms with Crippen molar-refractivity contribution >= 4 is 28.4 Å². The molecule has 0 saturated carbocycles. The van der Waals surface area contributed by atoms with Crippen LogP contribution in [-0.2, 0) is 16.0 Å². The minimum Gasteiger partial charge on any atom is -0.406 e. The van der Waals surface area contributed by atoms with E-state index in [-0.39, 0.29) is 11.3 Å². The van der Waals surface area contributed by atoms with Gasteiger partial charge in [0.2, 0.25) is 0 Å². The fourth-order valence-electron chi connectivity index (χ4n) is 2.72. The van der Waals surface area contributed by atoms with E-state index in [1.165, 1.54) is 30.2 Å². The molecule has 3 nitrogen and oxygen atoms in total. The first-order chi connectivity index (χ1) is 12.2. The average molecular weight is 383 g/mol. The number of benzene rings is 2. The molecule has 0 bridgehead atoms. The van der Waals surface area contributed by atoms with Crippen LogP contribution in [0.3, 0.4) is 0 Å². The molecule has 26 heavy (non-hydrogen) atoms. The standard InChI is InChI=1S/C19H14ClF3O3/c1-3-12-9-15(26-19(21,22)23)8-11(2)17(12)14-6-4-13(5-7-14)16(10-24)18(20)25/h4-9H,3H2,1-2H3. The highest BCUT2D eigenvalue weighted by atomic mass is 35.5. The summed E-state index contributed by atoms with van der Waals surface area (Å²) in [5, 5.41) is -0.910. The molecule has 0 heterocycles. The second kappa shape index (κ2) is 7.77. The molecule has 0 atom stereocenters. The largest absolute Gasteiger partial charge is 0.573 e. The minimum atomic E-state index is -4.76. The molecule has 0 fully saturated rings. The van der Waals surface area contributed by atoms with Crippen LogP contribution in [0.2, 0.25) is 0 Å². The molecule has 7 heteroatoms. The van der Waals surface area contributed by atoms with Gasteiger partial charge in [0.15, 0.2) is 0 Å². The van der Waals surface area contributed by atoms with E-state index in [1.54, 1.807) is 19.1 Å². The molecule has 2 rings (SSSR count). The molecule has 0 aliphatic heterocycles. The molecule has 0 aliphatic rings. The van der Waals surface area contributed by atoms with Crippen molar-refractivity contribution in [2.75, 3.05) is 0 Å². The van der Waals surface area contributed by atoms with Crippen LogP contribution in [0.5, 0.6) is 5.75 Å². The second-order valence-electron chi connectivity index (χ2n) is 5.50. The Balaban J connectivity index is 2.48. The summed E-state index contributed by atoms with van der Waals surface area (Å²) in [5.74, 6) is 1.23. The first-order valence-electron chi connectivity index (χ1n) is 7.61. The molecule has 0 aromatic heterocycles. The number of allylic oxidation sites excluding steroid dienone is 1. The van der Waals surface area contributed by atoms with Gasteiger partial charge in [-0.3, -0.25) is 4.79 Å². The molecule has 136 valence electrons. The van der Waals surface area contributed by atoms with Gasteiger partial charge in [-0.2, -0.15) is 0 Å². The second-order valence-corrected chi connectivity index (χ2v) is 5.85. The summed E-state index contributed by atoms with van der Waals surface area (Å²) in [4.78, 5) is 22.0. The van der Waals surface area contributed by atoms with Crippen LogP contribution < -0.4 is 4.74 Å². The number of halogens is 4. The van der Waals surface area contributed by atoms with E-state index >= 15 is 0 Å². The molecule has 0 unspecified atom stereocenters. The third-order valence-corrected chi connectivity index (χ3v) is 3.96. The van der Waals surface area contributed by atoms with E-state index in [9.17, 15) is 22.8 Å². The summed E-state index contributed by atoms with van der Waals surface area (Å²) in [6.45, 7) is 3.51. The Labute approximate surface area is 153 Å². The van der Waals surface area contributed by atoms with Gasteiger partial charge in [0.05, 0.1) is 0 Å². The normalized spacial score (nSPS) is 11.0. The first kappa shape index (κ1) is 19.8. The van der Waals surface area contributed by atoms with Gasteiger partial charge in [-0.1, -0.05) is 31.2 Å². The Bertz CT molecular complexity index is 880. The Morgan fingerprint density at radius 2 is 1.81 bits per heavy atom. The van der Waals surface area contributed by atoms with Gasteiger partial charge in [0.1, 0.15) is 17.3 Å². The summed E-state index contributed by atoms with van der Waals surface area (Å²) < 4.78 is 41.4. The lowest BCUT2D eigenvalue weighted by atomic mass is 9.92. The van der Waals surface area contributed by atoms with Gasteiger partial charge in [-0.15, -0.1) is 13.2 Å². The SMILES string of the molecule is CCc1cc(OC(F)(F)F)cc(C)c1-c1ccc(C(=C=O)C(=O)Cl)cc1. The van der Waals surface area contributed by atoms with Crippen molar-refractivity contribution in [3.8, 4) is 16.9 Å². The Kier molecular flexibility index (Phi) is 5.90. The molecule has 2 aromatic carbocycles. The Hall–Kier alpha value is -2.56. The number of ether oxygens (including phenoxy) is 1. The van der Waals surface area contributed by atoms with Gasteiger partial charge in [0.25, 0.3) is 5.24 Å². The number of hydrogen-bond acceptors (Lipinski definition) is 3. The average Bonchev–Trinajstić information content (AvgIpc) is 2.54. The smallest absolute Gasteiger partial charge is 0.406 e. The zero-order chi connectivity index (χ0) is 19.5. The fourth-order valence-corrected chi connectivity index (χ4v) is 2.87. The van der Waals surface area contributed by atoms with E-state index in [4.69, 9.17) is 11.6 Å². The van der Waals surface area contributed by atoms with Crippen LogP contribution in [0.15, 0.2) is 36.4 Å². The summed E-state index contributed by atoms with van der Waals surface area (Å²) >= 11 is 5.33. The Morgan fingerprint density at radius 1 is 1.19 bits per heavy atom. The summed E-state index contributed by atoms with van der Waals surface area (Å²) in [6.07, 6.45) is -4.26. The predicted molar refractivity (Wildman–Crippen MR) is 92.6 cm³/mol. The summed E-state index contributed by atoms with van der Waals surface area (Å²) in [7, 11) is 0. The maximum atomic E-state index is 12.5. The molecule has 0 radical (unpaired) electrons. The van der Waals surface area contributed by atoms with E-state index in [0.717, 1.165) is 11.1 Å². The van der Waals surface area contributed by atoms with Crippen LogP contribution in [0, 0.1) is 6.92 Å². The third kappa shape index (κ3) is 4.54. The van der Waals surface area contributed by atoms with Gasteiger partial charge < -0.3 is 4.74 Å². The number of hydrogen-bond donors (Lipinski definition) is 0. The van der Waals surface area contributed by atoms with Crippen LogP contribution in [0.25, 0.3) is 16.7 Å². The Morgan fingerprint density at radius 3 is 2.27 bits per heavy atom. The molecule has 0 N–H and O–H groups in total. The molecule has 0 aliphatic carbocycles. The highest BCUT2D eigenvalue weighted by molar-refractivity contribution is 6.75. The highest BCUT2D eigenvalue weighted by Crippen LogP contribution is 2.34. The van der Waals surface area contributed by atoms with Crippen molar-refractivity contribution < 1.29 is 27.5 Å². The summed E-state index contributed by atoms with van der Waals surface area (Å²) in [5.41, 5.74) is 2.82. The number of carbonyl (C=O) groups is 1. The molecular weight excluding hydrogens is 369 g/mol. The van der Waals surface area contributed by atoms with Crippen LogP contribution >= 0.6 is 11.6 Å². The van der Waals surface area contributed by atoms with Gasteiger partial charge in [-0.05, 0) is 64.9 Å². The van der Waals surface area contributed by atoms with Crippen molar-refractivity contribution in [1.29, 1.82) is 0 Å². The van der Waals surface area contributed by atoms with Gasteiger partial charge in [0, 0.05) is 0 Å². The van der Waals surface area contributed by atoms with Crippen molar-refractivity contribution in [3.05, 3.63) is 53.1 Å². The molecule has 0 spiro atoms. The molecule has 0 amide bonds. The van der Waals surface area contributed by atoms with Gasteiger partial charge in [-0.25, -0.2) is 4.79 Å². The maximum Gasteiger partial charge on any atom is 0.573 e. The quantitative estimate of drug-likeness (QED) is 0.410. The number of rotatable bonds is 5. The van der Waals surface area contributed by atoms with Crippen LogP contribution in [0.1, 0.15) is 23.6 Å².